The minimum Gasteiger partial charge on any atom is -0.349 e. The normalized spacial score (nSPS) is 12.1. The van der Waals surface area contributed by atoms with Crippen molar-refractivity contribution in [3.8, 4) is 0 Å². The van der Waals surface area contributed by atoms with Crippen LogP contribution in [0.2, 0.25) is 10.0 Å². The summed E-state index contributed by atoms with van der Waals surface area (Å²) in [6.07, 6.45) is 1.58. The fourth-order valence-corrected chi connectivity index (χ4v) is 4.77. The van der Waals surface area contributed by atoms with E-state index < -0.39 is 21.7 Å². The average molecular weight is 505 g/mol. The second-order valence-corrected chi connectivity index (χ2v) is 10.4. The summed E-state index contributed by atoms with van der Waals surface area (Å²) in [5.74, 6) is -0.868. The van der Waals surface area contributed by atoms with Crippen molar-refractivity contribution in [3.63, 3.8) is 0 Å². The Morgan fingerprint density at radius 3 is 2.09 bits per heavy atom. The second-order valence-electron chi connectivity index (χ2n) is 7.59. The van der Waals surface area contributed by atoms with Gasteiger partial charge in [-0.05, 0) is 55.3 Å². The van der Waals surface area contributed by atoms with Crippen LogP contribution < -0.4 is 10.6 Å². The molecule has 0 saturated heterocycles. The number of carbonyl (C=O) groups is 2. The molecular formula is C24H22Cl2N2O4S. The van der Waals surface area contributed by atoms with E-state index in [1.54, 1.807) is 42.5 Å². The number of nitrogens with one attached hydrogen (secondary N) is 2. The molecule has 33 heavy (non-hydrogen) atoms. The maximum absolute atomic E-state index is 12.6. The van der Waals surface area contributed by atoms with Gasteiger partial charge in [-0.3, -0.25) is 9.59 Å². The molecule has 0 aliphatic rings. The molecule has 0 heterocycles. The summed E-state index contributed by atoms with van der Waals surface area (Å²) in [4.78, 5) is 25.1. The van der Waals surface area contributed by atoms with Crippen LogP contribution in [0.25, 0.3) is 0 Å². The summed E-state index contributed by atoms with van der Waals surface area (Å²) in [7, 11) is -3.53. The number of hydrogen-bond donors (Lipinski definition) is 2. The van der Waals surface area contributed by atoms with E-state index in [4.69, 9.17) is 23.2 Å². The molecule has 0 saturated carbocycles. The SMILES string of the molecule is CC(Cc1ccc(NC(=O)c2c(Cl)cccc2Cl)cc1)NC(=O)c1ccccc1S(C)(=O)=O. The first-order valence-electron chi connectivity index (χ1n) is 10.0. The molecule has 3 rings (SSSR count). The molecule has 2 amide bonds. The molecule has 0 bridgehead atoms. The van der Waals surface area contributed by atoms with Crippen LogP contribution in [0.1, 0.15) is 33.2 Å². The lowest BCUT2D eigenvalue weighted by Gasteiger charge is -2.16. The van der Waals surface area contributed by atoms with E-state index in [-0.39, 0.29) is 32.1 Å². The van der Waals surface area contributed by atoms with Crippen molar-refractivity contribution in [2.24, 2.45) is 0 Å². The van der Waals surface area contributed by atoms with Gasteiger partial charge in [-0.15, -0.1) is 0 Å². The van der Waals surface area contributed by atoms with Gasteiger partial charge in [0.05, 0.1) is 26.1 Å². The van der Waals surface area contributed by atoms with Crippen molar-refractivity contribution >= 4 is 50.5 Å². The topological polar surface area (TPSA) is 92.3 Å². The summed E-state index contributed by atoms with van der Waals surface area (Å²) in [5.41, 5.74) is 1.81. The minimum absolute atomic E-state index is 0.00610. The van der Waals surface area contributed by atoms with Gasteiger partial charge in [-0.2, -0.15) is 0 Å². The molecule has 0 aliphatic carbocycles. The first-order valence-corrected chi connectivity index (χ1v) is 12.6. The van der Waals surface area contributed by atoms with E-state index >= 15 is 0 Å². The van der Waals surface area contributed by atoms with E-state index in [0.717, 1.165) is 11.8 Å². The number of sulfone groups is 1. The van der Waals surface area contributed by atoms with Gasteiger partial charge in [-0.1, -0.05) is 53.5 Å². The summed E-state index contributed by atoms with van der Waals surface area (Å²) in [5, 5.41) is 6.12. The van der Waals surface area contributed by atoms with Crippen LogP contribution in [0.4, 0.5) is 5.69 Å². The minimum atomic E-state index is -3.53. The Balaban J connectivity index is 1.63. The van der Waals surface area contributed by atoms with Gasteiger partial charge in [0.25, 0.3) is 11.8 Å². The predicted molar refractivity (Wildman–Crippen MR) is 131 cm³/mol. The smallest absolute Gasteiger partial charge is 0.258 e. The van der Waals surface area contributed by atoms with Gasteiger partial charge in [0.2, 0.25) is 0 Å². The Kier molecular flexibility index (Phi) is 7.79. The van der Waals surface area contributed by atoms with E-state index in [1.165, 1.54) is 12.1 Å². The van der Waals surface area contributed by atoms with Crippen LogP contribution in [-0.2, 0) is 16.3 Å². The lowest BCUT2D eigenvalue weighted by molar-refractivity contribution is 0.0936. The van der Waals surface area contributed by atoms with E-state index in [0.29, 0.717) is 12.1 Å². The molecule has 1 atom stereocenters. The third-order valence-corrected chi connectivity index (χ3v) is 6.64. The highest BCUT2D eigenvalue weighted by Crippen LogP contribution is 2.25. The van der Waals surface area contributed by atoms with Gasteiger partial charge < -0.3 is 10.6 Å². The molecule has 172 valence electrons. The van der Waals surface area contributed by atoms with Crippen LogP contribution in [0.15, 0.2) is 71.6 Å². The third kappa shape index (κ3) is 6.35. The molecular weight excluding hydrogens is 483 g/mol. The Hall–Kier alpha value is -2.87. The number of hydrogen-bond acceptors (Lipinski definition) is 4. The number of rotatable bonds is 7. The molecule has 0 aromatic heterocycles. The van der Waals surface area contributed by atoms with Crippen LogP contribution in [-0.4, -0.2) is 32.5 Å². The van der Waals surface area contributed by atoms with E-state index in [1.807, 2.05) is 19.1 Å². The zero-order chi connectivity index (χ0) is 24.2. The summed E-state index contributed by atoms with van der Waals surface area (Å²) >= 11 is 12.2. The number of halogens is 2. The molecule has 1 unspecified atom stereocenters. The van der Waals surface area contributed by atoms with Gasteiger partial charge in [0, 0.05) is 18.0 Å². The Morgan fingerprint density at radius 1 is 0.879 bits per heavy atom. The fourth-order valence-electron chi connectivity index (χ4n) is 3.32. The van der Waals surface area contributed by atoms with Gasteiger partial charge in [0.15, 0.2) is 9.84 Å². The lowest BCUT2D eigenvalue weighted by Crippen LogP contribution is -2.34. The van der Waals surface area contributed by atoms with Gasteiger partial charge in [-0.25, -0.2) is 8.42 Å². The van der Waals surface area contributed by atoms with Gasteiger partial charge in [0.1, 0.15) is 0 Å². The van der Waals surface area contributed by atoms with Crippen molar-refractivity contribution in [1.29, 1.82) is 0 Å². The predicted octanol–water partition coefficient (Wildman–Crippen LogP) is 5.01. The molecule has 0 aliphatic heterocycles. The highest BCUT2D eigenvalue weighted by molar-refractivity contribution is 7.90. The summed E-state index contributed by atoms with van der Waals surface area (Å²) < 4.78 is 23.9. The monoisotopic (exact) mass is 504 g/mol. The lowest BCUT2D eigenvalue weighted by atomic mass is 10.1. The number of benzene rings is 3. The van der Waals surface area contributed by atoms with Crippen LogP contribution >= 0.6 is 23.2 Å². The average Bonchev–Trinajstić information content (AvgIpc) is 2.74. The van der Waals surface area contributed by atoms with Gasteiger partial charge >= 0.3 is 0 Å². The zero-order valence-electron chi connectivity index (χ0n) is 17.9. The van der Waals surface area contributed by atoms with Crippen molar-refractivity contribution < 1.29 is 18.0 Å². The van der Waals surface area contributed by atoms with Crippen LogP contribution in [0.3, 0.4) is 0 Å². The van der Waals surface area contributed by atoms with Crippen molar-refractivity contribution in [2.45, 2.75) is 24.3 Å². The molecule has 0 spiro atoms. The molecule has 2 N–H and O–H groups in total. The van der Waals surface area contributed by atoms with E-state index in [2.05, 4.69) is 10.6 Å². The Morgan fingerprint density at radius 2 is 1.48 bits per heavy atom. The number of anilines is 1. The molecule has 0 radical (unpaired) electrons. The van der Waals surface area contributed by atoms with Crippen LogP contribution in [0, 0.1) is 0 Å². The van der Waals surface area contributed by atoms with Crippen molar-refractivity contribution in [1.82, 2.24) is 5.32 Å². The molecule has 3 aromatic rings. The highest BCUT2D eigenvalue weighted by Gasteiger charge is 2.19. The first-order chi connectivity index (χ1) is 15.6. The second kappa shape index (κ2) is 10.4. The molecule has 9 heteroatoms. The van der Waals surface area contributed by atoms with Crippen molar-refractivity contribution in [2.75, 3.05) is 11.6 Å². The summed E-state index contributed by atoms with van der Waals surface area (Å²) in [6, 6.07) is 17.8. The molecule has 6 nitrogen and oxygen atoms in total. The maximum atomic E-state index is 12.6. The quantitative estimate of drug-likeness (QED) is 0.472. The number of amides is 2. The molecule has 3 aromatic carbocycles. The first kappa shape index (κ1) is 24.8. The summed E-state index contributed by atoms with van der Waals surface area (Å²) in [6.45, 7) is 1.83. The maximum Gasteiger partial charge on any atom is 0.258 e. The molecule has 0 fully saturated rings. The Bertz CT molecular complexity index is 1270. The zero-order valence-corrected chi connectivity index (χ0v) is 20.3. The van der Waals surface area contributed by atoms with E-state index in [9.17, 15) is 18.0 Å². The number of carbonyl (C=O) groups excluding carboxylic acids is 2. The largest absolute Gasteiger partial charge is 0.349 e. The third-order valence-electron chi connectivity index (χ3n) is 4.85. The standard InChI is InChI=1S/C24H22Cl2N2O4S/c1-15(27-23(29)18-6-3-4-9-21(18)33(2,31)32)14-16-10-12-17(13-11-16)28-24(30)22-19(25)7-5-8-20(22)26/h3-13,15H,14H2,1-2H3,(H,27,29)(H,28,30). The Labute approximate surface area is 202 Å². The van der Waals surface area contributed by atoms with Crippen LogP contribution in [0.5, 0.6) is 0 Å². The fraction of sp³-hybridized carbons (Fsp3) is 0.167. The van der Waals surface area contributed by atoms with Crippen molar-refractivity contribution in [3.05, 3.63) is 93.5 Å². The highest BCUT2D eigenvalue weighted by atomic mass is 35.5.